The number of aryl methyl sites for hydroxylation is 1. The lowest BCUT2D eigenvalue weighted by Crippen LogP contribution is -2.45. The zero-order valence-corrected chi connectivity index (χ0v) is 14.2. The highest BCUT2D eigenvalue weighted by molar-refractivity contribution is 7.10. The number of carboxylic acids is 1. The molecule has 1 N–H and O–H groups in total. The summed E-state index contributed by atoms with van der Waals surface area (Å²) < 4.78 is 5.37. The van der Waals surface area contributed by atoms with Crippen molar-refractivity contribution in [3.8, 4) is 0 Å². The number of amides is 1. The quantitative estimate of drug-likeness (QED) is 0.866. The van der Waals surface area contributed by atoms with E-state index in [9.17, 15) is 9.59 Å². The van der Waals surface area contributed by atoms with Gasteiger partial charge in [0.1, 0.15) is 0 Å². The van der Waals surface area contributed by atoms with Crippen molar-refractivity contribution < 1.29 is 19.4 Å². The molecule has 3 rings (SSSR count). The van der Waals surface area contributed by atoms with Crippen molar-refractivity contribution in [3.05, 3.63) is 21.9 Å². The fraction of sp³-hybridized carbons (Fsp3) is 0.647. The van der Waals surface area contributed by atoms with Crippen molar-refractivity contribution in [3.63, 3.8) is 0 Å². The number of ether oxygens (including phenoxy) is 1. The van der Waals surface area contributed by atoms with E-state index in [1.807, 2.05) is 4.90 Å². The Morgan fingerprint density at radius 3 is 2.74 bits per heavy atom. The van der Waals surface area contributed by atoms with E-state index in [4.69, 9.17) is 9.84 Å². The highest BCUT2D eigenvalue weighted by Crippen LogP contribution is 2.51. The third-order valence-electron chi connectivity index (χ3n) is 4.83. The molecule has 2 atom stereocenters. The Kier molecular flexibility index (Phi) is 5.02. The number of carbonyl (C=O) groups excluding carboxylic acids is 1. The molecule has 0 spiro atoms. The van der Waals surface area contributed by atoms with Crippen LogP contribution in [0.5, 0.6) is 0 Å². The summed E-state index contributed by atoms with van der Waals surface area (Å²) in [6, 6.07) is 2.22. The van der Waals surface area contributed by atoms with Gasteiger partial charge in [-0.2, -0.15) is 0 Å². The molecule has 5 nitrogen and oxygen atoms in total. The van der Waals surface area contributed by atoms with Crippen LogP contribution in [0.2, 0.25) is 0 Å². The van der Waals surface area contributed by atoms with Crippen LogP contribution >= 0.6 is 11.3 Å². The number of rotatable bonds is 6. The molecule has 1 saturated carbocycles. The number of thiophene rings is 1. The fourth-order valence-corrected chi connectivity index (χ4v) is 4.53. The lowest BCUT2D eigenvalue weighted by Gasteiger charge is -2.34. The Morgan fingerprint density at radius 1 is 1.39 bits per heavy atom. The van der Waals surface area contributed by atoms with E-state index in [-0.39, 0.29) is 24.3 Å². The molecule has 2 fully saturated rings. The Bertz CT molecular complexity index is 579. The number of carboxylic acid groups (broad SMARTS) is 1. The minimum atomic E-state index is -0.851. The zero-order valence-electron chi connectivity index (χ0n) is 13.4. The summed E-state index contributed by atoms with van der Waals surface area (Å²) >= 11 is 1.72. The van der Waals surface area contributed by atoms with Crippen molar-refractivity contribution in [2.45, 2.75) is 44.6 Å². The molecule has 2 unspecified atom stereocenters. The first-order valence-corrected chi connectivity index (χ1v) is 9.10. The molecule has 23 heavy (non-hydrogen) atoms. The maximum Gasteiger partial charge on any atom is 0.305 e. The molecular formula is C17H23NO4S. The van der Waals surface area contributed by atoms with Gasteiger partial charge in [-0.1, -0.05) is 0 Å². The number of nitrogens with zero attached hydrogens (tertiary/aromatic N) is 1. The highest BCUT2D eigenvalue weighted by Gasteiger charge is 2.48. The maximum absolute atomic E-state index is 12.9. The van der Waals surface area contributed by atoms with Crippen molar-refractivity contribution in [1.82, 2.24) is 4.90 Å². The largest absolute Gasteiger partial charge is 0.481 e. The van der Waals surface area contributed by atoms with E-state index in [2.05, 4.69) is 18.4 Å². The van der Waals surface area contributed by atoms with Gasteiger partial charge in [0.05, 0.1) is 6.42 Å². The van der Waals surface area contributed by atoms with E-state index in [0.717, 1.165) is 19.3 Å². The Morgan fingerprint density at radius 2 is 2.13 bits per heavy atom. The van der Waals surface area contributed by atoms with E-state index in [1.165, 1.54) is 10.4 Å². The summed E-state index contributed by atoms with van der Waals surface area (Å²) in [6.07, 6.45) is 2.52. The van der Waals surface area contributed by atoms with Gasteiger partial charge in [0.2, 0.25) is 5.91 Å². The number of carbonyl (C=O) groups is 2. The molecule has 1 aromatic rings. The first-order valence-electron chi connectivity index (χ1n) is 8.22. The van der Waals surface area contributed by atoms with Crippen molar-refractivity contribution in [2.24, 2.45) is 5.92 Å². The smallest absolute Gasteiger partial charge is 0.305 e. The molecule has 1 saturated heterocycles. The molecule has 1 amide bonds. The molecule has 2 aliphatic rings. The minimum absolute atomic E-state index is 0.0124. The van der Waals surface area contributed by atoms with Crippen molar-refractivity contribution >= 4 is 23.2 Å². The second-order valence-electron chi connectivity index (χ2n) is 6.44. The van der Waals surface area contributed by atoms with Gasteiger partial charge >= 0.3 is 5.97 Å². The van der Waals surface area contributed by atoms with Gasteiger partial charge in [0.25, 0.3) is 0 Å². The Hall–Kier alpha value is -1.40. The second kappa shape index (κ2) is 7.01. The van der Waals surface area contributed by atoms with Crippen LogP contribution in [-0.2, 0) is 14.3 Å². The lowest BCUT2D eigenvalue weighted by atomic mass is 10.1. The van der Waals surface area contributed by atoms with Gasteiger partial charge in [-0.3, -0.25) is 9.59 Å². The van der Waals surface area contributed by atoms with Gasteiger partial charge < -0.3 is 14.7 Å². The van der Waals surface area contributed by atoms with Gasteiger partial charge in [0.15, 0.2) is 0 Å². The van der Waals surface area contributed by atoms with Crippen LogP contribution in [0.15, 0.2) is 11.4 Å². The average molecular weight is 337 g/mol. The summed E-state index contributed by atoms with van der Waals surface area (Å²) in [4.78, 5) is 27.0. The average Bonchev–Trinajstić information content (AvgIpc) is 3.22. The molecule has 0 aromatic carbocycles. The first kappa shape index (κ1) is 16.5. The number of aliphatic carboxylic acids is 1. The molecule has 126 valence electrons. The Labute approximate surface area is 140 Å². The highest BCUT2D eigenvalue weighted by atomic mass is 32.1. The molecular weight excluding hydrogens is 314 g/mol. The standard InChI is InChI=1S/C17H23NO4S/c1-11-5-9-23-16(11)13-10-14(13)17(21)18(6-2-15(19)20)12-3-7-22-8-4-12/h5,9,12-14H,2-4,6-8,10H2,1H3,(H,19,20). The van der Waals surface area contributed by atoms with Crippen molar-refractivity contribution in [2.75, 3.05) is 19.8 Å². The fourth-order valence-electron chi connectivity index (χ4n) is 3.42. The molecule has 1 aliphatic heterocycles. The Balaban J connectivity index is 1.67. The number of hydrogen-bond acceptors (Lipinski definition) is 4. The maximum atomic E-state index is 12.9. The van der Waals surface area contributed by atoms with Crippen LogP contribution in [0.3, 0.4) is 0 Å². The molecule has 2 heterocycles. The normalized spacial score (nSPS) is 24.4. The van der Waals surface area contributed by atoms with E-state index in [0.29, 0.717) is 25.7 Å². The van der Waals surface area contributed by atoms with Crippen LogP contribution in [0.25, 0.3) is 0 Å². The molecule has 0 radical (unpaired) electrons. The molecule has 6 heteroatoms. The third kappa shape index (κ3) is 3.75. The van der Waals surface area contributed by atoms with E-state index < -0.39 is 5.97 Å². The van der Waals surface area contributed by atoms with Crippen molar-refractivity contribution in [1.29, 1.82) is 0 Å². The summed E-state index contributed by atoms with van der Waals surface area (Å²) in [5.74, 6) is -0.356. The van der Waals surface area contributed by atoms with E-state index in [1.54, 1.807) is 11.3 Å². The van der Waals surface area contributed by atoms with Gasteiger partial charge in [0, 0.05) is 42.5 Å². The molecule has 1 aromatic heterocycles. The van der Waals surface area contributed by atoms with Crippen LogP contribution in [0.4, 0.5) is 0 Å². The third-order valence-corrected chi connectivity index (χ3v) is 5.98. The minimum Gasteiger partial charge on any atom is -0.481 e. The van der Waals surface area contributed by atoms with Crippen LogP contribution in [0.1, 0.15) is 42.0 Å². The summed E-state index contributed by atoms with van der Waals surface area (Å²) in [5, 5.41) is 11.0. The van der Waals surface area contributed by atoms with Gasteiger partial charge in [-0.15, -0.1) is 11.3 Å². The topological polar surface area (TPSA) is 66.8 Å². The second-order valence-corrected chi connectivity index (χ2v) is 7.38. The van der Waals surface area contributed by atoms with Crippen LogP contribution in [-0.4, -0.2) is 47.7 Å². The SMILES string of the molecule is Cc1ccsc1C1CC1C(=O)N(CCC(=O)O)C1CCOCC1. The summed E-state index contributed by atoms with van der Waals surface area (Å²) in [6.45, 7) is 3.71. The number of hydrogen-bond donors (Lipinski definition) is 1. The summed E-state index contributed by atoms with van der Waals surface area (Å²) in [5.41, 5.74) is 1.26. The monoisotopic (exact) mass is 337 g/mol. The zero-order chi connectivity index (χ0) is 16.4. The van der Waals surface area contributed by atoms with Gasteiger partial charge in [-0.05, 0) is 43.2 Å². The molecule has 1 aliphatic carbocycles. The van der Waals surface area contributed by atoms with Crippen LogP contribution in [0, 0.1) is 12.8 Å². The lowest BCUT2D eigenvalue weighted by molar-refractivity contribution is -0.141. The predicted molar refractivity (Wildman–Crippen MR) is 87.7 cm³/mol. The van der Waals surface area contributed by atoms with E-state index >= 15 is 0 Å². The van der Waals surface area contributed by atoms with Gasteiger partial charge in [-0.25, -0.2) is 0 Å². The summed E-state index contributed by atoms with van der Waals surface area (Å²) in [7, 11) is 0. The predicted octanol–water partition coefficient (Wildman–Crippen LogP) is 2.64. The first-order chi connectivity index (χ1) is 11.1. The van der Waals surface area contributed by atoms with Crippen LogP contribution < -0.4 is 0 Å². The molecule has 0 bridgehead atoms.